The van der Waals surface area contributed by atoms with Crippen LogP contribution in [0.15, 0.2) is 0 Å². The van der Waals surface area contributed by atoms with Crippen molar-refractivity contribution in [3.05, 3.63) is 0 Å². The minimum absolute atomic E-state index is 0.0918. The molecule has 0 aromatic carbocycles. The topological polar surface area (TPSA) is 78.4 Å². The van der Waals surface area contributed by atoms with Gasteiger partial charge in [-0.05, 0) is 39.2 Å². The van der Waals surface area contributed by atoms with E-state index in [0.717, 1.165) is 38.8 Å². The van der Waals surface area contributed by atoms with E-state index in [-0.39, 0.29) is 23.8 Å². The minimum Gasteiger partial charge on any atom is -0.481 e. The zero-order valence-corrected chi connectivity index (χ0v) is 11.9. The Labute approximate surface area is 115 Å². The van der Waals surface area contributed by atoms with E-state index in [9.17, 15) is 9.59 Å². The van der Waals surface area contributed by atoms with Crippen LogP contribution in [0.2, 0.25) is 0 Å². The van der Waals surface area contributed by atoms with Crippen LogP contribution < -0.4 is 10.6 Å². The molecule has 0 bridgehead atoms. The summed E-state index contributed by atoms with van der Waals surface area (Å²) in [5.41, 5.74) is 0. The molecule has 1 aliphatic rings. The molecule has 19 heavy (non-hydrogen) atoms. The SMILES string of the molecule is CC(CCCC(C)C(=O)O)NC(=O)[C@@H]1CCCNC1. The first-order valence-electron chi connectivity index (χ1n) is 7.24. The van der Waals surface area contributed by atoms with Crippen molar-refractivity contribution < 1.29 is 14.7 Å². The molecule has 0 aromatic rings. The summed E-state index contributed by atoms with van der Waals surface area (Å²) in [5.74, 6) is -0.824. The molecular weight excluding hydrogens is 244 g/mol. The summed E-state index contributed by atoms with van der Waals surface area (Å²) in [6.07, 6.45) is 4.35. The number of hydrogen-bond donors (Lipinski definition) is 3. The second-order valence-corrected chi connectivity index (χ2v) is 5.62. The number of carboxylic acid groups (broad SMARTS) is 1. The van der Waals surface area contributed by atoms with Gasteiger partial charge >= 0.3 is 5.97 Å². The van der Waals surface area contributed by atoms with E-state index in [1.165, 1.54) is 0 Å². The first kappa shape index (κ1) is 16.0. The van der Waals surface area contributed by atoms with Gasteiger partial charge in [0.05, 0.1) is 11.8 Å². The van der Waals surface area contributed by atoms with Crippen LogP contribution in [0.5, 0.6) is 0 Å². The highest BCUT2D eigenvalue weighted by molar-refractivity contribution is 5.79. The molecule has 5 nitrogen and oxygen atoms in total. The van der Waals surface area contributed by atoms with Crippen molar-refractivity contribution in [1.82, 2.24) is 10.6 Å². The highest BCUT2D eigenvalue weighted by Gasteiger charge is 2.21. The smallest absolute Gasteiger partial charge is 0.306 e. The maximum Gasteiger partial charge on any atom is 0.306 e. The number of nitrogens with one attached hydrogen (secondary N) is 2. The normalized spacial score (nSPS) is 22.5. The molecule has 0 saturated carbocycles. The number of carboxylic acids is 1. The number of rotatable bonds is 7. The minimum atomic E-state index is -0.745. The third-order valence-corrected chi connectivity index (χ3v) is 3.75. The molecule has 1 saturated heterocycles. The lowest BCUT2D eigenvalue weighted by atomic mass is 9.97. The molecule has 1 fully saturated rings. The summed E-state index contributed by atoms with van der Waals surface area (Å²) < 4.78 is 0. The van der Waals surface area contributed by atoms with Crippen molar-refractivity contribution in [1.29, 1.82) is 0 Å². The molecule has 3 N–H and O–H groups in total. The largest absolute Gasteiger partial charge is 0.481 e. The first-order valence-corrected chi connectivity index (χ1v) is 7.24. The van der Waals surface area contributed by atoms with Crippen molar-refractivity contribution in [3.8, 4) is 0 Å². The van der Waals surface area contributed by atoms with E-state index in [2.05, 4.69) is 10.6 Å². The lowest BCUT2D eigenvalue weighted by Gasteiger charge is -2.24. The molecule has 1 heterocycles. The predicted octanol–water partition coefficient (Wildman–Crippen LogP) is 1.38. The van der Waals surface area contributed by atoms with Crippen molar-refractivity contribution in [2.75, 3.05) is 13.1 Å². The Morgan fingerprint density at radius 3 is 2.68 bits per heavy atom. The molecule has 1 aliphatic heterocycles. The van der Waals surface area contributed by atoms with Gasteiger partial charge in [0.15, 0.2) is 0 Å². The van der Waals surface area contributed by atoms with Gasteiger partial charge in [0.25, 0.3) is 0 Å². The number of carbonyl (C=O) groups excluding carboxylic acids is 1. The monoisotopic (exact) mass is 270 g/mol. The lowest BCUT2D eigenvalue weighted by Crippen LogP contribution is -2.43. The highest BCUT2D eigenvalue weighted by atomic mass is 16.4. The number of piperidine rings is 1. The fourth-order valence-electron chi connectivity index (χ4n) is 2.36. The molecule has 0 aromatic heterocycles. The third-order valence-electron chi connectivity index (χ3n) is 3.75. The van der Waals surface area contributed by atoms with E-state index in [1.54, 1.807) is 6.92 Å². The van der Waals surface area contributed by atoms with Gasteiger partial charge in [-0.2, -0.15) is 0 Å². The van der Waals surface area contributed by atoms with Gasteiger partial charge in [-0.1, -0.05) is 13.3 Å². The van der Waals surface area contributed by atoms with Gasteiger partial charge in [0.1, 0.15) is 0 Å². The summed E-state index contributed by atoms with van der Waals surface area (Å²) in [7, 11) is 0. The summed E-state index contributed by atoms with van der Waals surface area (Å²) in [5, 5.41) is 15.0. The first-order chi connectivity index (χ1) is 9.00. The molecular formula is C14H26N2O3. The van der Waals surface area contributed by atoms with Crippen LogP contribution in [-0.2, 0) is 9.59 Å². The van der Waals surface area contributed by atoms with Gasteiger partial charge in [-0.3, -0.25) is 9.59 Å². The van der Waals surface area contributed by atoms with E-state index in [0.29, 0.717) is 6.42 Å². The van der Waals surface area contributed by atoms with Crippen LogP contribution in [0.25, 0.3) is 0 Å². The molecule has 0 radical (unpaired) electrons. The molecule has 5 heteroatoms. The highest BCUT2D eigenvalue weighted by Crippen LogP contribution is 2.12. The van der Waals surface area contributed by atoms with Gasteiger partial charge in [0.2, 0.25) is 5.91 Å². The summed E-state index contributed by atoms with van der Waals surface area (Å²) >= 11 is 0. The number of carbonyl (C=O) groups is 2. The van der Waals surface area contributed by atoms with Gasteiger partial charge in [0, 0.05) is 12.6 Å². The van der Waals surface area contributed by atoms with E-state index < -0.39 is 5.97 Å². The van der Waals surface area contributed by atoms with Crippen molar-refractivity contribution in [3.63, 3.8) is 0 Å². The number of amides is 1. The molecule has 1 rings (SSSR count). The molecule has 110 valence electrons. The van der Waals surface area contributed by atoms with E-state index in [1.807, 2.05) is 6.92 Å². The Bertz CT molecular complexity index is 301. The average Bonchev–Trinajstić information content (AvgIpc) is 2.39. The average molecular weight is 270 g/mol. The molecule has 3 atom stereocenters. The molecule has 0 aliphatic carbocycles. The Morgan fingerprint density at radius 1 is 1.37 bits per heavy atom. The third kappa shape index (κ3) is 6.05. The van der Waals surface area contributed by atoms with Crippen LogP contribution in [0.1, 0.15) is 46.0 Å². The Kier molecular flexibility index (Phi) is 6.84. The number of aliphatic carboxylic acids is 1. The second-order valence-electron chi connectivity index (χ2n) is 5.62. The molecule has 0 spiro atoms. The maximum atomic E-state index is 12.0. The Morgan fingerprint density at radius 2 is 2.11 bits per heavy atom. The molecule has 2 unspecified atom stereocenters. The van der Waals surface area contributed by atoms with Crippen molar-refractivity contribution >= 4 is 11.9 Å². The van der Waals surface area contributed by atoms with Gasteiger partial charge in [-0.25, -0.2) is 0 Å². The van der Waals surface area contributed by atoms with Gasteiger partial charge < -0.3 is 15.7 Å². The van der Waals surface area contributed by atoms with Gasteiger partial charge in [-0.15, -0.1) is 0 Å². The van der Waals surface area contributed by atoms with Crippen molar-refractivity contribution in [2.24, 2.45) is 11.8 Å². The predicted molar refractivity (Wildman–Crippen MR) is 73.8 cm³/mol. The quantitative estimate of drug-likeness (QED) is 0.653. The summed E-state index contributed by atoms with van der Waals surface area (Å²) in [6.45, 7) is 5.49. The lowest BCUT2D eigenvalue weighted by molar-refractivity contribution is -0.141. The Balaban J connectivity index is 2.17. The van der Waals surface area contributed by atoms with Crippen LogP contribution in [-0.4, -0.2) is 36.1 Å². The van der Waals surface area contributed by atoms with E-state index >= 15 is 0 Å². The van der Waals surface area contributed by atoms with Crippen LogP contribution in [0, 0.1) is 11.8 Å². The zero-order chi connectivity index (χ0) is 14.3. The standard InChI is InChI=1S/C14H26N2O3/c1-10(14(18)19)5-3-6-11(2)16-13(17)12-7-4-8-15-9-12/h10-12,15H,3-9H2,1-2H3,(H,16,17)(H,18,19)/t10?,11?,12-/m1/s1. The summed E-state index contributed by atoms with van der Waals surface area (Å²) in [4.78, 5) is 22.7. The fourth-order valence-corrected chi connectivity index (χ4v) is 2.36. The van der Waals surface area contributed by atoms with E-state index in [4.69, 9.17) is 5.11 Å². The Hall–Kier alpha value is -1.10. The zero-order valence-electron chi connectivity index (χ0n) is 11.9. The van der Waals surface area contributed by atoms with Crippen LogP contribution >= 0.6 is 0 Å². The number of hydrogen-bond acceptors (Lipinski definition) is 3. The van der Waals surface area contributed by atoms with Crippen LogP contribution in [0.4, 0.5) is 0 Å². The molecule has 1 amide bonds. The van der Waals surface area contributed by atoms with Crippen LogP contribution in [0.3, 0.4) is 0 Å². The fraction of sp³-hybridized carbons (Fsp3) is 0.857. The second kappa shape index (κ2) is 8.15. The summed E-state index contributed by atoms with van der Waals surface area (Å²) in [6, 6.07) is 0.121. The van der Waals surface area contributed by atoms with Crippen molar-refractivity contribution in [2.45, 2.75) is 52.0 Å². The maximum absolute atomic E-state index is 12.0.